The predicted molar refractivity (Wildman–Crippen MR) is 251 cm³/mol. The van der Waals surface area contributed by atoms with E-state index in [-0.39, 0.29) is 49.3 Å². The van der Waals surface area contributed by atoms with Gasteiger partial charge >= 0.3 is 12.3 Å². The first kappa shape index (κ1) is 50.6. The summed E-state index contributed by atoms with van der Waals surface area (Å²) in [7, 11) is -4.23. The Labute approximate surface area is 405 Å². The van der Waals surface area contributed by atoms with Crippen LogP contribution in [0.15, 0.2) is 72.9 Å². The molecule has 9 atom stereocenters. The van der Waals surface area contributed by atoms with Crippen molar-refractivity contribution in [3.63, 3.8) is 0 Å². The third-order valence-corrected chi connectivity index (χ3v) is 16.4. The molecule has 0 spiro atoms. The van der Waals surface area contributed by atoms with Crippen LogP contribution in [0, 0.1) is 17.8 Å². The lowest BCUT2D eigenvalue weighted by molar-refractivity contribution is -0.200. The molecule has 3 N–H and O–H groups in total. The van der Waals surface area contributed by atoms with E-state index in [4.69, 9.17) is 19.2 Å². The number of carbonyl (C=O) groups excluding carboxylic acids is 3. The number of benzene rings is 1. The average Bonchev–Trinajstić information content (AvgIpc) is 4.20. The number of hydrogen-bond donors (Lipinski definition) is 3. The van der Waals surface area contributed by atoms with Crippen LogP contribution in [-0.2, 0) is 29.1 Å². The summed E-state index contributed by atoms with van der Waals surface area (Å²) in [5, 5.41) is 13.5. The van der Waals surface area contributed by atoms with Gasteiger partial charge in [0.1, 0.15) is 35.2 Å². The minimum atomic E-state index is -5.28. The van der Waals surface area contributed by atoms with Gasteiger partial charge in [0.2, 0.25) is 21.8 Å². The Morgan fingerprint density at radius 3 is 2.37 bits per heavy atom. The number of ether oxygens (including phenoxy) is 3. The number of halogens is 3. The van der Waals surface area contributed by atoms with Crippen LogP contribution < -0.4 is 19.5 Å². The molecule has 1 aromatic carbocycles. The Hall–Kier alpha value is -5.76. The van der Waals surface area contributed by atoms with E-state index >= 15 is 22.8 Å². The zero-order chi connectivity index (χ0) is 50.3. The number of rotatable bonds is 11. The van der Waals surface area contributed by atoms with Crippen LogP contribution in [0.25, 0.3) is 22.6 Å². The molecule has 3 aliphatic heterocycles. The first-order chi connectivity index (χ1) is 33.1. The third-order valence-electron chi connectivity index (χ3n) is 14.3. The number of sulfonamides is 1. The highest BCUT2D eigenvalue weighted by Gasteiger charge is 2.66. The van der Waals surface area contributed by atoms with Gasteiger partial charge in [0.15, 0.2) is 6.04 Å². The Balaban J connectivity index is 1.24. The van der Waals surface area contributed by atoms with Gasteiger partial charge in [-0.3, -0.25) is 29.0 Å². The summed E-state index contributed by atoms with van der Waals surface area (Å²) in [6.07, 6.45) is -2.13. The van der Waals surface area contributed by atoms with E-state index in [0.717, 1.165) is 4.90 Å². The SMILES string of the molecule is CC(C)Oc1ccc(-c2cc(O[C@@H]3C[C@H]4C(=O)N[C@]5(C(=O)NS(=O)(=O)C6(C)CC6)C[C@H]5/C=C\CC[C@@H](C)C[C@@H](C)[C@H](N(C(=O)O)C5CCCOC5)C(=O)N4C3C(F)(F)F)cc(-c3ccccn3)n2)cc1. The second-order valence-electron chi connectivity index (χ2n) is 20.1. The largest absolute Gasteiger partial charge is 0.491 e. The molecule has 5 heterocycles. The number of hydrogen-bond acceptors (Lipinski definition) is 11. The molecule has 8 rings (SSSR count). The van der Waals surface area contributed by atoms with Crippen molar-refractivity contribution in [1.82, 2.24) is 29.8 Å². The number of aromatic nitrogens is 2. The lowest BCUT2D eigenvalue weighted by Gasteiger charge is -2.43. The number of allylic oxidation sites excluding steroid dienone is 1. The summed E-state index contributed by atoms with van der Waals surface area (Å²) >= 11 is 0. The number of pyridine rings is 2. The third kappa shape index (κ3) is 10.6. The number of nitrogens with one attached hydrogen (secondary N) is 2. The van der Waals surface area contributed by atoms with Gasteiger partial charge in [-0.2, -0.15) is 13.2 Å². The van der Waals surface area contributed by atoms with Crippen LogP contribution in [-0.4, -0.2) is 123 Å². The topological polar surface area (TPSA) is 207 Å². The van der Waals surface area contributed by atoms with Crippen molar-refractivity contribution >= 4 is 33.8 Å². The van der Waals surface area contributed by atoms with E-state index in [1.807, 2.05) is 26.8 Å². The molecule has 70 heavy (non-hydrogen) atoms. The predicted octanol–water partition coefficient (Wildman–Crippen LogP) is 7.29. The maximum atomic E-state index is 16.2. The molecule has 2 unspecified atom stereocenters. The highest BCUT2D eigenvalue weighted by molar-refractivity contribution is 7.91. The summed E-state index contributed by atoms with van der Waals surface area (Å²) in [5.74, 6) is -4.75. The van der Waals surface area contributed by atoms with Gasteiger partial charge in [0, 0.05) is 42.8 Å². The monoisotopic (exact) mass is 994 g/mol. The highest BCUT2D eigenvalue weighted by atomic mass is 32.2. The number of amides is 4. The minimum absolute atomic E-state index is 0.0685. The molecule has 2 saturated carbocycles. The van der Waals surface area contributed by atoms with Gasteiger partial charge in [-0.25, -0.2) is 18.2 Å². The molecule has 0 bridgehead atoms. The van der Waals surface area contributed by atoms with Crippen molar-refractivity contribution < 1.29 is 60.1 Å². The molecule has 2 aromatic heterocycles. The molecule has 4 amide bonds. The number of alkyl halides is 3. The second kappa shape index (κ2) is 19.8. The van der Waals surface area contributed by atoms with E-state index in [2.05, 4.69) is 15.0 Å². The van der Waals surface area contributed by atoms with Crippen molar-refractivity contribution in [2.45, 2.75) is 145 Å². The van der Waals surface area contributed by atoms with Crippen molar-refractivity contribution in [2.75, 3.05) is 13.2 Å². The van der Waals surface area contributed by atoms with Gasteiger partial charge in [-0.1, -0.05) is 32.1 Å². The zero-order valence-electron chi connectivity index (χ0n) is 39.9. The summed E-state index contributed by atoms with van der Waals surface area (Å²) in [4.78, 5) is 68.7. The lowest BCUT2D eigenvalue weighted by Crippen LogP contribution is -2.64. The molecule has 2 saturated heterocycles. The Bertz CT molecular complexity index is 2570. The summed E-state index contributed by atoms with van der Waals surface area (Å²) in [6, 6.07) is 7.42. The van der Waals surface area contributed by atoms with Gasteiger partial charge in [-0.15, -0.1) is 0 Å². The molecule has 0 radical (unpaired) electrons. The maximum Gasteiger partial charge on any atom is 0.412 e. The first-order valence-electron chi connectivity index (χ1n) is 24.0. The van der Waals surface area contributed by atoms with Crippen molar-refractivity contribution in [3.05, 3.63) is 72.9 Å². The molecular formula is C50H61F3N6O10S. The molecule has 3 aromatic rings. The van der Waals surface area contributed by atoms with Crippen LogP contribution in [0.4, 0.5) is 18.0 Å². The van der Waals surface area contributed by atoms with Crippen LogP contribution in [0.5, 0.6) is 11.5 Å². The second-order valence-corrected chi connectivity index (χ2v) is 22.3. The number of carboxylic acid groups (broad SMARTS) is 1. The summed E-state index contributed by atoms with van der Waals surface area (Å²) in [5.41, 5.74) is -0.432. The molecule has 20 heteroatoms. The van der Waals surface area contributed by atoms with E-state index in [1.54, 1.807) is 55.5 Å². The Kier molecular flexibility index (Phi) is 14.3. The lowest BCUT2D eigenvalue weighted by atomic mass is 9.86. The number of fused-ring (bicyclic) bond motifs is 2. The zero-order valence-corrected chi connectivity index (χ0v) is 40.7. The van der Waals surface area contributed by atoms with E-state index < -0.39 is 98.8 Å². The molecule has 5 aliphatic rings. The van der Waals surface area contributed by atoms with E-state index in [1.165, 1.54) is 25.3 Å². The first-order valence-corrected chi connectivity index (χ1v) is 25.5. The smallest absolute Gasteiger partial charge is 0.412 e. The van der Waals surface area contributed by atoms with Crippen LogP contribution in [0.1, 0.15) is 92.4 Å². The van der Waals surface area contributed by atoms with Crippen LogP contribution >= 0.6 is 0 Å². The highest BCUT2D eigenvalue weighted by Crippen LogP contribution is 2.49. The quantitative estimate of drug-likeness (QED) is 0.162. The molecular weight excluding hydrogens is 934 g/mol. The fraction of sp³-hybridized carbons (Fsp3) is 0.560. The summed E-state index contributed by atoms with van der Waals surface area (Å²) < 4.78 is 94.2. The van der Waals surface area contributed by atoms with Gasteiger partial charge < -0.3 is 29.5 Å². The van der Waals surface area contributed by atoms with Gasteiger partial charge in [0.25, 0.3) is 5.91 Å². The van der Waals surface area contributed by atoms with Crippen molar-refractivity contribution in [3.8, 4) is 34.1 Å². The normalized spacial score (nSPS) is 29.6. The molecule has 378 valence electrons. The van der Waals surface area contributed by atoms with Gasteiger partial charge in [0.05, 0.1) is 40.6 Å². The standard InChI is InChI=1S/C50H61F3N6O10S/c1-29(2)68-35-17-15-32(16-18-35)38-24-36(25-39(55-38)37-14-8-9-21-54-37)69-41-26-40-44(60)56-49(46(62)57-70(65,66)48(5)19-20-48)27-33(49)12-7-6-11-30(3)23-31(4)42(45(61)59(40)43(41)50(51,52)53)58(47(63)64)34-13-10-22-67-28-34/h7-9,12,14-18,21,24-25,29-31,33-34,40-43H,6,10-11,13,19-20,22-23,26-28H2,1-5H3,(H,56,60)(H,57,62)(H,63,64)/b12-7-/t30-,31-,33-,34?,40+,41-,42+,43?,49-/m1/s1. The van der Waals surface area contributed by atoms with Crippen LogP contribution in [0.2, 0.25) is 0 Å². The number of carbonyl (C=O) groups is 4. The Morgan fingerprint density at radius 1 is 1.01 bits per heavy atom. The van der Waals surface area contributed by atoms with E-state index in [0.29, 0.717) is 66.3 Å². The minimum Gasteiger partial charge on any atom is -0.491 e. The average molecular weight is 995 g/mol. The fourth-order valence-corrected chi connectivity index (χ4v) is 11.5. The van der Waals surface area contributed by atoms with Crippen LogP contribution in [0.3, 0.4) is 0 Å². The number of nitrogens with zero attached hydrogens (tertiary/aromatic N) is 4. The van der Waals surface area contributed by atoms with Crippen molar-refractivity contribution in [2.24, 2.45) is 17.8 Å². The molecule has 2 aliphatic carbocycles. The van der Waals surface area contributed by atoms with Crippen molar-refractivity contribution in [1.29, 1.82) is 0 Å². The molecule has 16 nitrogen and oxygen atoms in total. The van der Waals surface area contributed by atoms with Gasteiger partial charge in [-0.05, 0) is 120 Å². The molecule has 4 fully saturated rings. The van der Waals surface area contributed by atoms with E-state index in [9.17, 15) is 23.1 Å². The summed E-state index contributed by atoms with van der Waals surface area (Å²) in [6.45, 7) is 9.01. The fourth-order valence-electron chi connectivity index (χ4n) is 10.2. The Morgan fingerprint density at radius 2 is 1.74 bits per heavy atom. The maximum absolute atomic E-state index is 16.2.